The van der Waals surface area contributed by atoms with E-state index in [1.807, 2.05) is 13.8 Å². The van der Waals surface area contributed by atoms with Crippen LogP contribution in [0.3, 0.4) is 0 Å². The molecule has 1 rings (SSSR count). The number of phenolic OH excluding ortho intramolecular Hbond substituents is 1. The number of hydrogen-bond donors (Lipinski definition) is 1. The lowest BCUT2D eigenvalue weighted by Crippen LogP contribution is -2.02. The van der Waals surface area contributed by atoms with Crippen molar-refractivity contribution in [1.82, 2.24) is 0 Å². The van der Waals surface area contributed by atoms with Gasteiger partial charge in [-0.15, -0.1) is 0 Å². The number of Topliss-reactive ketones (excluding diaryl/α,β-unsaturated/α-hetero) is 1. The predicted octanol–water partition coefficient (Wildman–Crippen LogP) is 2.52. The van der Waals surface area contributed by atoms with Crippen molar-refractivity contribution in [2.24, 2.45) is 0 Å². The summed E-state index contributed by atoms with van der Waals surface area (Å²) in [7, 11) is 0. The van der Waals surface area contributed by atoms with Crippen LogP contribution in [0.2, 0.25) is 0 Å². The molecule has 0 bridgehead atoms. The number of carbonyl (C=O) groups is 1. The van der Waals surface area contributed by atoms with E-state index in [0.717, 1.165) is 5.56 Å². The zero-order valence-corrected chi connectivity index (χ0v) is 9.28. The summed E-state index contributed by atoms with van der Waals surface area (Å²) in [6.45, 7) is 5.77. The summed E-state index contributed by atoms with van der Waals surface area (Å²) >= 11 is 0. The van der Waals surface area contributed by atoms with Gasteiger partial charge in [-0.05, 0) is 38.5 Å². The lowest BCUT2D eigenvalue weighted by molar-refractivity contribution is 0.0655. The van der Waals surface area contributed by atoms with E-state index in [1.165, 1.54) is 6.92 Å². The molecule has 0 aliphatic carbocycles. The number of rotatable bonds is 4. The van der Waals surface area contributed by atoms with Crippen molar-refractivity contribution in [1.29, 1.82) is 0 Å². The van der Waals surface area contributed by atoms with E-state index >= 15 is 0 Å². The lowest BCUT2D eigenvalue weighted by atomic mass is 10.1. The van der Waals surface area contributed by atoms with Crippen molar-refractivity contribution < 1.29 is 14.6 Å². The third kappa shape index (κ3) is 3.36. The molecule has 1 aromatic rings. The highest BCUT2D eigenvalue weighted by atomic mass is 16.5. The molecule has 0 atom stereocenters. The molecular weight excluding hydrogens is 192 g/mol. The minimum absolute atomic E-state index is 0.0207. The van der Waals surface area contributed by atoms with Gasteiger partial charge >= 0.3 is 0 Å². The van der Waals surface area contributed by atoms with E-state index < -0.39 is 0 Å². The summed E-state index contributed by atoms with van der Waals surface area (Å²) in [5.74, 6) is -0.115. The molecule has 0 aliphatic heterocycles. The molecule has 1 N–H and O–H groups in total. The summed E-state index contributed by atoms with van der Waals surface area (Å²) in [6, 6.07) is 4.98. The lowest BCUT2D eigenvalue weighted by Gasteiger charge is -2.08. The molecule has 0 unspecified atom stereocenters. The van der Waals surface area contributed by atoms with E-state index in [9.17, 15) is 9.90 Å². The molecule has 0 aliphatic rings. The zero-order chi connectivity index (χ0) is 11.4. The zero-order valence-electron chi connectivity index (χ0n) is 9.28. The van der Waals surface area contributed by atoms with Crippen molar-refractivity contribution in [3.05, 3.63) is 29.3 Å². The molecule has 0 amide bonds. The van der Waals surface area contributed by atoms with Gasteiger partial charge in [-0.2, -0.15) is 0 Å². The standard InChI is InChI=1S/C12H16O3/c1-8(2)15-7-10-4-5-11(9(3)13)12(14)6-10/h4-6,8,14H,7H2,1-3H3. The third-order valence-corrected chi connectivity index (χ3v) is 2.02. The summed E-state index contributed by atoms with van der Waals surface area (Å²) < 4.78 is 5.39. The number of hydrogen-bond acceptors (Lipinski definition) is 3. The van der Waals surface area contributed by atoms with Crippen LogP contribution < -0.4 is 0 Å². The predicted molar refractivity (Wildman–Crippen MR) is 58.0 cm³/mol. The van der Waals surface area contributed by atoms with E-state index in [4.69, 9.17) is 4.74 Å². The first-order chi connectivity index (χ1) is 7.00. The van der Waals surface area contributed by atoms with Gasteiger partial charge in [0.05, 0.1) is 18.3 Å². The molecule has 1 aromatic carbocycles. The maximum Gasteiger partial charge on any atom is 0.163 e. The Bertz CT molecular complexity index is 356. The number of aromatic hydroxyl groups is 1. The average molecular weight is 208 g/mol. The van der Waals surface area contributed by atoms with Gasteiger partial charge in [0.25, 0.3) is 0 Å². The number of benzene rings is 1. The highest BCUT2D eigenvalue weighted by molar-refractivity contribution is 5.96. The third-order valence-electron chi connectivity index (χ3n) is 2.02. The molecule has 0 heterocycles. The first kappa shape index (κ1) is 11.7. The first-order valence-electron chi connectivity index (χ1n) is 4.95. The Kier molecular flexibility index (Phi) is 3.86. The van der Waals surface area contributed by atoms with Crippen LogP contribution in [0.4, 0.5) is 0 Å². The van der Waals surface area contributed by atoms with E-state index in [2.05, 4.69) is 0 Å². The summed E-state index contributed by atoms with van der Waals surface area (Å²) in [6.07, 6.45) is 0.152. The van der Waals surface area contributed by atoms with Crippen molar-refractivity contribution in [3.63, 3.8) is 0 Å². The van der Waals surface area contributed by atoms with Crippen molar-refractivity contribution in [2.75, 3.05) is 0 Å². The van der Waals surface area contributed by atoms with Gasteiger partial charge in [0.2, 0.25) is 0 Å². The van der Waals surface area contributed by atoms with Gasteiger partial charge in [0.15, 0.2) is 5.78 Å². The van der Waals surface area contributed by atoms with Gasteiger partial charge in [0.1, 0.15) is 5.75 Å². The Balaban J connectivity index is 2.78. The van der Waals surface area contributed by atoms with Crippen LogP contribution in [0.15, 0.2) is 18.2 Å². The second kappa shape index (κ2) is 4.94. The topological polar surface area (TPSA) is 46.5 Å². The van der Waals surface area contributed by atoms with Crippen LogP contribution in [0.1, 0.15) is 36.7 Å². The van der Waals surface area contributed by atoms with E-state index in [1.54, 1.807) is 18.2 Å². The second-order valence-electron chi connectivity index (χ2n) is 3.77. The minimum atomic E-state index is -0.135. The Morgan fingerprint density at radius 3 is 2.60 bits per heavy atom. The highest BCUT2D eigenvalue weighted by Crippen LogP contribution is 2.19. The van der Waals surface area contributed by atoms with Crippen LogP contribution in [0.5, 0.6) is 5.75 Å². The SMILES string of the molecule is CC(=O)c1ccc(COC(C)C)cc1O. The largest absolute Gasteiger partial charge is 0.507 e. The van der Waals surface area contributed by atoms with Crippen LogP contribution in [-0.2, 0) is 11.3 Å². The van der Waals surface area contributed by atoms with Gasteiger partial charge < -0.3 is 9.84 Å². The summed E-state index contributed by atoms with van der Waals surface area (Å²) in [5, 5.41) is 9.55. The fourth-order valence-corrected chi connectivity index (χ4v) is 1.23. The molecule has 0 fully saturated rings. The molecule has 82 valence electrons. The number of phenols is 1. The summed E-state index contributed by atoms with van der Waals surface area (Å²) in [5.41, 5.74) is 1.22. The Morgan fingerprint density at radius 1 is 1.47 bits per heavy atom. The number of ketones is 1. The Morgan fingerprint density at radius 2 is 2.13 bits per heavy atom. The smallest absolute Gasteiger partial charge is 0.163 e. The molecule has 0 spiro atoms. The van der Waals surface area contributed by atoms with Crippen molar-refractivity contribution in [2.45, 2.75) is 33.5 Å². The first-order valence-corrected chi connectivity index (χ1v) is 4.95. The Hall–Kier alpha value is -1.35. The highest BCUT2D eigenvalue weighted by Gasteiger charge is 2.07. The molecule has 0 saturated carbocycles. The molecule has 0 aromatic heterocycles. The molecular formula is C12H16O3. The monoisotopic (exact) mass is 208 g/mol. The maximum absolute atomic E-state index is 11.1. The molecule has 0 saturated heterocycles. The fraction of sp³-hybridized carbons (Fsp3) is 0.417. The second-order valence-corrected chi connectivity index (χ2v) is 3.77. The Labute approximate surface area is 89.7 Å². The summed E-state index contributed by atoms with van der Waals surface area (Å²) in [4.78, 5) is 11.1. The molecule has 15 heavy (non-hydrogen) atoms. The fourth-order valence-electron chi connectivity index (χ4n) is 1.23. The van der Waals surface area contributed by atoms with Crippen LogP contribution >= 0.6 is 0 Å². The minimum Gasteiger partial charge on any atom is -0.507 e. The van der Waals surface area contributed by atoms with Crippen molar-refractivity contribution >= 4 is 5.78 Å². The average Bonchev–Trinajstić information content (AvgIpc) is 2.14. The normalized spacial score (nSPS) is 10.7. The molecule has 3 heteroatoms. The van der Waals surface area contributed by atoms with Crippen LogP contribution in [0, 0.1) is 0 Å². The van der Waals surface area contributed by atoms with Crippen LogP contribution in [-0.4, -0.2) is 17.0 Å². The number of ether oxygens (including phenoxy) is 1. The maximum atomic E-state index is 11.1. The van der Waals surface area contributed by atoms with Gasteiger partial charge in [-0.25, -0.2) is 0 Å². The quantitative estimate of drug-likeness (QED) is 0.773. The molecule has 3 nitrogen and oxygen atoms in total. The van der Waals surface area contributed by atoms with Crippen molar-refractivity contribution in [3.8, 4) is 5.75 Å². The van der Waals surface area contributed by atoms with Gasteiger partial charge in [-0.3, -0.25) is 4.79 Å². The van der Waals surface area contributed by atoms with Gasteiger partial charge in [-0.1, -0.05) is 6.07 Å². The van der Waals surface area contributed by atoms with Gasteiger partial charge in [0, 0.05) is 0 Å². The van der Waals surface area contributed by atoms with Crippen LogP contribution in [0.25, 0.3) is 0 Å². The van der Waals surface area contributed by atoms with E-state index in [0.29, 0.717) is 12.2 Å². The number of carbonyl (C=O) groups excluding carboxylic acids is 1. The van der Waals surface area contributed by atoms with E-state index in [-0.39, 0.29) is 17.6 Å². The molecule has 0 radical (unpaired) electrons.